The molecule has 2 aliphatic rings. The fourth-order valence-corrected chi connectivity index (χ4v) is 2.44. The second-order valence-corrected chi connectivity index (χ2v) is 5.65. The van der Waals surface area contributed by atoms with Gasteiger partial charge in [-0.3, -0.25) is 9.69 Å². The van der Waals surface area contributed by atoms with E-state index in [1.54, 1.807) is 4.90 Å². The highest BCUT2D eigenvalue weighted by Crippen LogP contribution is 2.41. The molecular formula is C12H20N2O2. The minimum atomic E-state index is -0.104. The molecule has 1 heterocycles. The molecule has 0 aromatic carbocycles. The van der Waals surface area contributed by atoms with Crippen LogP contribution in [0.15, 0.2) is 0 Å². The van der Waals surface area contributed by atoms with Gasteiger partial charge >= 0.3 is 6.03 Å². The molecule has 4 nitrogen and oxygen atoms in total. The fourth-order valence-electron chi connectivity index (χ4n) is 2.44. The van der Waals surface area contributed by atoms with Crippen molar-refractivity contribution in [2.75, 3.05) is 13.1 Å². The smallest absolute Gasteiger partial charge is 0.313 e. The van der Waals surface area contributed by atoms with Crippen molar-refractivity contribution in [3.8, 4) is 0 Å². The van der Waals surface area contributed by atoms with Crippen molar-refractivity contribution in [3.63, 3.8) is 0 Å². The fraction of sp³-hybridized carbons (Fsp3) is 0.833. The molecule has 1 saturated carbocycles. The Labute approximate surface area is 96.6 Å². The van der Waals surface area contributed by atoms with Crippen molar-refractivity contribution in [1.29, 1.82) is 0 Å². The first-order valence-electron chi connectivity index (χ1n) is 6.04. The molecule has 0 aromatic heterocycles. The monoisotopic (exact) mass is 224 g/mol. The van der Waals surface area contributed by atoms with E-state index in [9.17, 15) is 9.59 Å². The van der Waals surface area contributed by atoms with Gasteiger partial charge in [0.05, 0.1) is 0 Å². The third kappa shape index (κ3) is 1.81. The molecule has 4 heteroatoms. The Morgan fingerprint density at radius 3 is 2.31 bits per heavy atom. The van der Waals surface area contributed by atoms with E-state index < -0.39 is 0 Å². The van der Waals surface area contributed by atoms with Crippen molar-refractivity contribution in [2.45, 2.75) is 46.1 Å². The first-order chi connectivity index (χ1) is 7.43. The zero-order valence-electron chi connectivity index (χ0n) is 10.3. The molecule has 2 rings (SSSR count). The van der Waals surface area contributed by atoms with Crippen molar-refractivity contribution in [1.82, 2.24) is 9.80 Å². The van der Waals surface area contributed by atoms with Gasteiger partial charge in [0, 0.05) is 12.6 Å². The Balaban J connectivity index is 2.05. The summed E-state index contributed by atoms with van der Waals surface area (Å²) in [5.41, 5.74) is 0.179. The second kappa shape index (κ2) is 3.75. The first-order valence-corrected chi connectivity index (χ1v) is 6.04. The molecule has 1 aliphatic carbocycles. The molecule has 0 radical (unpaired) electrons. The van der Waals surface area contributed by atoms with E-state index in [0.29, 0.717) is 6.54 Å². The van der Waals surface area contributed by atoms with Gasteiger partial charge in [-0.2, -0.15) is 0 Å². The summed E-state index contributed by atoms with van der Waals surface area (Å²) in [6.07, 6.45) is 3.48. The van der Waals surface area contributed by atoms with Crippen LogP contribution in [0.2, 0.25) is 0 Å². The van der Waals surface area contributed by atoms with Gasteiger partial charge in [0.25, 0.3) is 0 Å². The predicted molar refractivity (Wildman–Crippen MR) is 60.9 cm³/mol. The summed E-state index contributed by atoms with van der Waals surface area (Å²) in [4.78, 5) is 26.9. The molecule has 0 aromatic rings. The Kier molecular flexibility index (Phi) is 2.68. The minimum absolute atomic E-state index is 0.0353. The quantitative estimate of drug-likeness (QED) is 0.686. The normalized spacial score (nSPS) is 24.2. The van der Waals surface area contributed by atoms with Crippen LogP contribution < -0.4 is 0 Å². The molecule has 2 fully saturated rings. The molecule has 90 valence electrons. The number of hydrogen-bond donors (Lipinski definition) is 0. The zero-order valence-corrected chi connectivity index (χ0v) is 10.3. The van der Waals surface area contributed by atoms with Gasteiger partial charge in [-0.1, -0.05) is 13.3 Å². The molecular weight excluding hydrogens is 204 g/mol. The lowest BCUT2D eigenvalue weighted by Crippen LogP contribution is -2.44. The van der Waals surface area contributed by atoms with Crippen LogP contribution in [0.5, 0.6) is 0 Å². The highest BCUT2D eigenvalue weighted by molar-refractivity contribution is 6.02. The summed E-state index contributed by atoms with van der Waals surface area (Å²) in [5, 5.41) is 0. The average Bonchev–Trinajstić information content (AvgIpc) is 2.43. The van der Waals surface area contributed by atoms with Crippen LogP contribution in [-0.4, -0.2) is 40.9 Å². The maximum atomic E-state index is 12.0. The third-order valence-electron chi connectivity index (χ3n) is 3.81. The highest BCUT2D eigenvalue weighted by Gasteiger charge is 2.43. The molecule has 0 atom stereocenters. The highest BCUT2D eigenvalue weighted by atomic mass is 16.2. The molecule has 0 unspecified atom stereocenters. The molecule has 3 amide bonds. The number of rotatable bonds is 3. The van der Waals surface area contributed by atoms with Gasteiger partial charge in [-0.05, 0) is 32.1 Å². The Morgan fingerprint density at radius 2 is 1.94 bits per heavy atom. The van der Waals surface area contributed by atoms with Crippen LogP contribution in [-0.2, 0) is 4.79 Å². The van der Waals surface area contributed by atoms with E-state index in [2.05, 4.69) is 6.92 Å². The van der Waals surface area contributed by atoms with Gasteiger partial charge in [0.2, 0.25) is 5.91 Å². The summed E-state index contributed by atoms with van der Waals surface area (Å²) in [7, 11) is 0. The van der Waals surface area contributed by atoms with Gasteiger partial charge in [0.1, 0.15) is 6.54 Å². The Bertz CT molecular complexity index is 321. The van der Waals surface area contributed by atoms with E-state index in [1.807, 2.05) is 13.8 Å². The molecule has 0 bridgehead atoms. The van der Waals surface area contributed by atoms with Crippen molar-refractivity contribution < 1.29 is 9.59 Å². The second-order valence-electron chi connectivity index (χ2n) is 5.65. The van der Waals surface area contributed by atoms with E-state index in [-0.39, 0.29) is 29.9 Å². The van der Waals surface area contributed by atoms with E-state index >= 15 is 0 Å². The lowest BCUT2D eigenvalue weighted by molar-refractivity contribution is -0.127. The van der Waals surface area contributed by atoms with Gasteiger partial charge in [-0.25, -0.2) is 4.79 Å². The van der Waals surface area contributed by atoms with Gasteiger partial charge in [0.15, 0.2) is 0 Å². The average molecular weight is 224 g/mol. The standard InChI is InChI=1S/C12H20N2O2/c1-9(2)13-7-10(15)14(11(13)16)8-12(3)5-4-6-12/h9H,4-8H2,1-3H3. The summed E-state index contributed by atoms with van der Waals surface area (Å²) in [5.74, 6) is -0.0353. The van der Waals surface area contributed by atoms with Crippen LogP contribution in [0.25, 0.3) is 0 Å². The lowest BCUT2D eigenvalue weighted by atomic mass is 9.70. The van der Waals surface area contributed by atoms with E-state index in [1.165, 1.54) is 11.3 Å². The van der Waals surface area contributed by atoms with Gasteiger partial charge < -0.3 is 4.90 Å². The topological polar surface area (TPSA) is 40.6 Å². The van der Waals surface area contributed by atoms with E-state index in [0.717, 1.165) is 12.8 Å². The number of nitrogens with zero attached hydrogens (tertiary/aromatic N) is 2. The predicted octanol–water partition coefficient (Wildman–Crippen LogP) is 1.85. The molecule has 1 saturated heterocycles. The Morgan fingerprint density at radius 1 is 1.31 bits per heavy atom. The number of carbonyl (C=O) groups is 2. The maximum absolute atomic E-state index is 12.0. The maximum Gasteiger partial charge on any atom is 0.327 e. The minimum Gasteiger partial charge on any atom is -0.313 e. The number of amides is 3. The van der Waals surface area contributed by atoms with Crippen molar-refractivity contribution >= 4 is 11.9 Å². The number of urea groups is 1. The molecule has 16 heavy (non-hydrogen) atoms. The first kappa shape index (κ1) is 11.4. The van der Waals surface area contributed by atoms with Crippen molar-refractivity contribution in [3.05, 3.63) is 0 Å². The number of carbonyl (C=O) groups excluding carboxylic acids is 2. The SMILES string of the molecule is CC(C)N1CC(=O)N(CC2(C)CCC2)C1=O. The summed E-state index contributed by atoms with van der Waals surface area (Å²) < 4.78 is 0. The number of hydrogen-bond acceptors (Lipinski definition) is 2. The lowest BCUT2D eigenvalue weighted by Gasteiger charge is -2.40. The molecule has 1 aliphatic heterocycles. The van der Waals surface area contributed by atoms with Crippen molar-refractivity contribution in [2.24, 2.45) is 5.41 Å². The van der Waals surface area contributed by atoms with Gasteiger partial charge in [-0.15, -0.1) is 0 Å². The van der Waals surface area contributed by atoms with Crippen LogP contribution in [0.1, 0.15) is 40.0 Å². The zero-order chi connectivity index (χ0) is 11.9. The third-order valence-corrected chi connectivity index (χ3v) is 3.81. The number of imide groups is 1. The van der Waals surface area contributed by atoms with Crippen LogP contribution >= 0.6 is 0 Å². The largest absolute Gasteiger partial charge is 0.327 e. The summed E-state index contributed by atoms with van der Waals surface area (Å²) >= 11 is 0. The molecule has 0 spiro atoms. The van der Waals surface area contributed by atoms with E-state index in [4.69, 9.17) is 0 Å². The summed E-state index contributed by atoms with van der Waals surface area (Å²) in [6.45, 7) is 6.91. The van der Waals surface area contributed by atoms with Crippen LogP contribution in [0, 0.1) is 5.41 Å². The van der Waals surface area contributed by atoms with Crippen LogP contribution in [0.4, 0.5) is 4.79 Å². The summed E-state index contributed by atoms with van der Waals surface area (Å²) in [6, 6.07) is 0.00349. The Hall–Kier alpha value is -1.06. The molecule has 0 N–H and O–H groups in total. The van der Waals surface area contributed by atoms with Crippen LogP contribution in [0.3, 0.4) is 0 Å².